The third-order valence-electron chi connectivity index (χ3n) is 2.27. The maximum atomic E-state index is 11.6. The summed E-state index contributed by atoms with van der Waals surface area (Å²) in [6.07, 6.45) is 4.00. The van der Waals surface area contributed by atoms with Gasteiger partial charge in [0.05, 0.1) is 19.0 Å². The van der Waals surface area contributed by atoms with Crippen LogP contribution in [-0.4, -0.2) is 36.3 Å². The number of nitrogens with zero attached hydrogens (tertiary/aromatic N) is 3. The molecule has 0 spiro atoms. The van der Waals surface area contributed by atoms with Crippen molar-refractivity contribution < 1.29 is 17.9 Å². The molecule has 0 saturated heterocycles. The van der Waals surface area contributed by atoms with E-state index < -0.39 is 20.0 Å². The van der Waals surface area contributed by atoms with Gasteiger partial charge in [-0.1, -0.05) is 0 Å². The fourth-order valence-electron chi connectivity index (χ4n) is 1.49. The molecular weight excluding hydrogens is 294 g/mol. The number of esters is 1. The first-order chi connectivity index (χ1) is 8.95. The molecule has 0 unspecified atom stereocenters. The minimum Gasteiger partial charge on any atom is -0.465 e. The fourth-order valence-corrected chi connectivity index (χ4v) is 2.69. The van der Waals surface area contributed by atoms with Gasteiger partial charge in [0, 0.05) is 23.1 Å². The molecule has 0 aliphatic carbocycles. The molecule has 0 atom stereocenters. The molecule has 0 fully saturated rings. The first-order valence-corrected chi connectivity index (χ1v) is 7.27. The van der Waals surface area contributed by atoms with Gasteiger partial charge in [0.15, 0.2) is 5.03 Å². The van der Waals surface area contributed by atoms with Gasteiger partial charge < -0.3 is 4.74 Å². The van der Waals surface area contributed by atoms with Gasteiger partial charge in [-0.05, 0) is 12.1 Å². The molecule has 2 heterocycles. The summed E-state index contributed by atoms with van der Waals surface area (Å²) in [4.78, 5) is 15.3. The summed E-state index contributed by atoms with van der Waals surface area (Å²) in [5.41, 5.74) is 0.179. The van der Waals surface area contributed by atoms with E-state index in [1.165, 1.54) is 24.5 Å². The average molecular weight is 302 g/mol. The summed E-state index contributed by atoms with van der Waals surface area (Å²) in [6.45, 7) is 0. The molecule has 2 aromatic heterocycles. The number of pyridine rings is 1. The molecule has 2 rings (SSSR count). The highest BCUT2D eigenvalue weighted by molar-refractivity contribution is 8.13. The second-order valence-corrected chi connectivity index (χ2v) is 5.89. The van der Waals surface area contributed by atoms with Crippen molar-refractivity contribution in [1.82, 2.24) is 14.8 Å². The molecule has 0 bridgehead atoms. The number of carbonyl (C=O) groups is 1. The fraction of sp³-hybridized carbons (Fsp3) is 0.100. The monoisotopic (exact) mass is 301 g/mol. The molecular formula is C10H8ClN3O4S. The Morgan fingerprint density at radius 2 is 2.00 bits per heavy atom. The minimum atomic E-state index is -4.17. The Balaban J connectivity index is 2.71. The van der Waals surface area contributed by atoms with Crippen LogP contribution in [0.15, 0.2) is 35.7 Å². The van der Waals surface area contributed by atoms with Crippen LogP contribution < -0.4 is 0 Å². The van der Waals surface area contributed by atoms with E-state index >= 15 is 0 Å². The lowest BCUT2D eigenvalue weighted by Gasteiger charge is -2.05. The van der Waals surface area contributed by atoms with Crippen molar-refractivity contribution in [3.8, 4) is 5.69 Å². The maximum absolute atomic E-state index is 11.6. The Bertz CT molecular complexity index is 712. The molecule has 7 nitrogen and oxygen atoms in total. The van der Waals surface area contributed by atoms with Gasteiger partial charge in [0.2, 0.25) is 0 Å². The van der Waals surface area contributed by atoms with Crippen molar-refractivity contribution in [2.45, 2.75) is 5.03 Å². The van der Waals surface area contributed by atoms with Crippen LogP contribution in [0.3, 0.4) is 0 Å². The summed E-state index contributed by atoms with van der Waals surface area (Å²) in [6, 6.07) is 3.05. The summed E-state index contributed by atoms with van der Waals surface area (Å²) >= 11 is 0. The van der Waals surface area contributed by atoms with E-state index in [2.05, 4.69) is 14.8 Å². The van der Waals surface area contributed by atoms with Crippen molar-refractivity contribution in [1.29, 1.82) is 0 Å². The third-order valence-corrected chi connectivity index (χ3v) is 3.56. The van der Waals surface area contributed by atoms with Gasteiger partial charge in [-0.2, -0.15) is 5.10 Å². The van der Waals surface area contributed by atoms with Crippen LogP contribution in [0.2, 0.25) is 0 Å². The number of hydrogen-bond donors (Lipinski definition) is 0. The number of rotatable bonds is 3. The average Bonchev–Trinajstić information content (AvgIpc) is 2.83. The van der Waals surface area contributed by atoms with Gasteiger partial charge in [-0.3, -0.25) is 4.98 Å². The van der Waals surface area contributed by atoms with Crippen molar-refractivity contribution >= 4 is 25.7 Å². The standard InChI is InChI=1S/C10H8ClN3O4S/c1-18-10(15)8-6-13-14(9(8)19(11,16)17)7-2-4-12-5-3-7/h2-6H,1H3. The number of ether oxygens (including phenoxy) is 1. The summed E-state index contributed by atoms with van der Waals surface area (Å²) in [7, 11) is 2.31. The Labute approximate surface area is 113 Å². The predicted molar refractivity (Wildman–Crippen MR) is 65.7 cm³/mol. The van der Waals surface area contributed by atoms with E-state index in [0.717, 1.165) is 18.0 Å². The zero-order valence-electron chi connectivity index (χ0n) is 9.65. The normalized spacial score (nSPS) is 11.3. The number of halogens is 1. The smallest absolute Gasteiger partial charge is 0.342 e. The van der Waals surface area contributed by atoms with Gasteiger partial charge in [0.1, 0.15) is 5.56 Å². The van der Waals surface area contributed by atoms with Gasteiger partial charge in [0.25, 0.3) is 9.05 Å². The lowest BCUT2D eigenvalue weighted by Crippen LogP contribution is -2.10. The molecule has 0 N–H and O–H groups in total. The minimum absolute atomic E-state index is 0.227. The molecule has 19 heavy (non-hydrogen) atoms. The number of methoxy groups -OCH3 is 1. The van der Waals surface area contributed by atoms with E-state index in [4.69, 9.17) is 10.7 Å². The molecule has 2 aromatic rings. The second kappa shape index (κ2) is 4.98. The van der Waals surface area contributed by atoms with Crippen molar-refractivity contribution in [2.75, 3.05) is 7.11 Å². The molecule has 9 heteroatoms. The highest BCUT2D eigenvalue weighted by Crippen LogP contribution is 2.23. The zero-order chi connectivity index (χ0) is 14.0. The zero-order valence-corrected chi connectivity index (χ0v) is 11.2. The molecule has 0 aliphatic heterocycles. The topological polar surface area (TPSA) is 91.2 Å². The Hall–Kier alpha value is -1.93. The molecule has 0 aliphatic rings. The number of hydrogen-bond acceptors (Lipinski definition) is 6. The number of carbonyl (C=O) groups excluding carboxylic acids is 1. The van der Waals surface area contributed by atoms with Crippen LogP contribution in [0, 0.1) is 0 Å². The van der Waals surface area contributed by atoms with E-state index in [9.17, 15) is 13.2 Å². The van der Waals surface area contributed by atoms with Gasteiger partial charge in [-0.15, -0.1) is 0 Å². The summed E-state index contributed by atoms with van der Waals surface area (Å²) in [5.74, 6) is -0.834. The molecule has 0 amide bonds. The van der Waals surface area contributed by atoms with Crippen molar-refractivity contribution in [3.63, 3.8) is 0 Å². The van der Waals surface area contributed by atoms with Crippen molar-refractivity contribution in [2.24, 2.45) is 0 Å². The lowest BCUT2D eigenvalue weighted by molar-refractivity contribution is 0.0596. The highest BCUT2D eigenvalue weighted by atomic mass is 35.7. The first-order valence-electron chi connectivity index (χ1n) is 4.96. The quantitative estimate of drug-likeness (QED) is 0.620. The SMILES string of the molecule is COC(=O)c1cnn(-c2ccncc2)c1S(=O)(=O)Cl. The molecule has 0 radical (unpaired) electrons. The van der Waals surface area contributed by atoms with Crippen LogP contribution in [0.1, 0.15) is 10.4 Å². The largest absolute Gasteiger partial charge is 0.465 e. The highest BCUT2D eigenvalue weighted by Gasteiger charge is 2.28. The van der Waals surface area contributed by atoms with Gasteiger partial charge >= 0.3 is 5.97 Å². The maximum Gasteiger partial charge on any atom is 0.342 e. The summed E-state index contributed by atoms with van der Waals surface area (Å²) in [5, 5.41) is 3.41. The Morgan fingerprint density at radius 1 is 1.37 bits per heavy atom. The molecule has 0 saturated carbocycles. The van der Waals surface area contributed by atoms with E-state index in [-0.39, 0.29) is 5.56 Å². The lowest BCUT2D eigenvalue weighted by atomic mass is 10.3. The Morgan fingerprint density at radius 3 is 2.53 bits per heavy atom. The van der Waals surface area contributed by atoms with Crippen LogP contribution in [0.25, 0.3) is 5.69 Å². The van der Waals surface area contributed by atoms with Crippen LogP contribution in [0.4, 0.5) is 0 Å². The number of aromatic nitrogens is 3. The van der Waals surface area contributed by atoms with E-state index in [0.29, 0.717) is 5.69 Å². The molecule has 0 aromatic carbocycles. The van der Waals surface area contributed by atoms with Crippen LogP contribution >= 0.6 is 10.7 Å². The van der Waals surface area contributed by atoms with Crippen LogP contribution in [0.5, 0.6) is 0 Å². The van der Waals surface area contributed by atoms with Gasteiger partial charge in [-0.25, -0.2) is 17.9 Å². The third kappa shape index (κ3) is 2.59. The Kier molecular flexibility index (Phi) is 3.54. The summed E-state index contributed by atoms with van der Waals surface area (Å²) < 4.78 is 28.8. The molecule has 100 valence electrons. The van der Waals surface area contributed by atoms with Crippen LogP contribution in [-0.2, 0) is 13.8 Å². The van der Waals surface area contributed by atoms with E-state index in [1.807, 2.05) is 0 Å². The second-order valence-electron chi connectivity index (χ2n) is 3.41. The van der Waals surface area contributed by atoms with E-state index in [1.54, 1.807) is 0 Å². The predicted octanol–water partition coefficient (Wildman–Crippen LogP) is 0.981. The van der Waals surface area contributed by atoms with Crippen molar-refractivity contribution in [3.05, 3.63) is 36.3 Å². The first kappa shape index (κ1) is 13.5.